The van der Waals surface area contributed by atoms with Crippen molar-refractivity contribution in [2.24, 2.45) is 5.92 Å². The van der Waals surface area contributed by atoms with Crippen molar-refractivity contribution in [3.05, 3.63) is 53.6 Å². The van der Waals surface area contributed by atoms with Crippen LogP contribution in [0, 0.1) is 19.8 Å². The van der Waals surface area contributed by atoms with Gasteiger partial charge in [-0.25, -0.2) is 0 Å². The number of hydrogen-bond acceptors (Lipinski definition) is 3. The summed E-state index contributed by atoms with van der Waals surface area (Å²) in [4.78, 5) is 26.7. The molecule has 136 valence electrons. The van der Waals surface area contributed by atoms with Crippen molar-refractivity contribution >= 4 is 23.2 Å². The Labute approximate surface area is 154 Å². The summed E-state index contributed by atoms with van der Waals surface area (Å²) < 4.78 is 5.43. The van der Waals surface area contributed by atoms with E-state index in [9.17, 15) is 9.59 Å². The van der Waals surface area contributed by atoms with Crippen molar-refractivity contribution in [2.75, 3.05) is 23.4 Å². The van der Waals surface area contributed by atoms with Crippen LogP contribution in [0.4, 0.5) is 11.4 Å². The molecule has 5 nitrogen and oxygen atoms in total. The van der Waals surface area contributed by atoms with Crippen LogP contribution >= 0.6 is 0 Å². The number of ether oxygens (including phenoxy) is 1. The van der Waals surface area contributed by atoms with E-state index in [1.807, 2.05) is 63.2 Å². The zero-order chi connectivity index (χ0) is 18.7. The minimum Gasteiger partial charge on any atom is -0.494 e. The minimum absolute atomic E-state index is 0.0322. The number of nitrogens with zero attached hydrogens (tertiary/aromatic N) is 1. The van der Waals surface area contributed by atoms with Crippen LogP contribution in [-0.4, -0.2) is 25.0 Å². The maximum Gasteiger partial charge on any atom is 0.229 e. The Hall–Kier alpha value is -2.82. The number of anilines is 2. The summed E-state index contributed by atoms with van der Waals surface area (Å²) in [5.74, 6) is 0.275. The molecule has 0 radical (unpaired) electrons. The lowest BCUT2D eigenvalue weighted by molar-refractivity contribution is -0.122. The van der Waals surface area contributed by atoms with Crippen LogP contribution in [0.3, 0.4) is 0 Å². The van der Waals surface area contributed by atoms with Crippen LogP contribution in [0.25, 0.3) is 0 Å². The second-order valence-corrected chi connectivity index (χ2v) is 6.64. The molecule has 2 amide bonds. The first-order valence-corrected chi connectivity index (χ1v) is 8.89. The highest BCUT2D eigenvalue weighted by molar-refractivity contribution is 6.03. The van der Waals surface area contributed by atoms with Crippen LogP contribution in [0.1, 0.15) is 24.5 Å². The summed E-state index contributed by atoms with van der Waals surface area (Å²) in [7, 11) is 0. The lowest BCUT2D eigenvalue weighted by Gasteiger charge is -2.17. The Kier molecular flexibility index (Phi) is 5.26. The van der Waals surface area contributed by atoms with Crippen LogP contribution in [-0.2, 0) is 9.59 Å². The molecule has 2 aromatic rings. The maximum absolute atomic E-state index is 12.6. The molecule has 26 heavy (non-hydrogen) atoms. The highest BCUT2D eigenvalue weighted by Gasteiger charge is 2.35. The summed E-state index contributed by atoms with van der Waals surface area (Å²) in [6.07, 6.45) is 0.226. The van der Waals surface area contributed by atoms with E-state index < -0.39 is 0 Å². The standard InChI is InChI=1S/C21H24N2O3/c1-4-26-18-9-7-17(8-10-18)23-13-16(12-20(23)24)21(25)22-19-11-14(2)5-6-15(19)3/h5-11,16H,4,12-13H2,1-3H3,(H,22,25). The number of carbonyl (C=O) groups excluding carboxylic acids is 2. The summed E-state index contributed by atoms with van der Waals surface area (Å²) in [5.41, 5.74) is 3.70. The number of nitrogens with one attached hydrogen (secondary N) is 1. The van der Waals surface area contributed by atoms with Gasteiger partial charge in [0.25, 0.3) is 0 Å². The van der Waals surface area contributed by atoms with Gasteiger partial charge in [-0.15, -0.1) is 0 Å². The van der Waals surface area contributed by atoms with Gasteiger partial charge in [0.15, 0.2) is 0 Å². The Bertz CT molecular complexity index is 815. The van der Waals surface area contributed by atoms with Crippen molar-refractivity contribution < 1.29 is 14.3 Å². The highest BCUT2D eigenvalue weighted by Crippen LogP contribution is 2.28. The number of hydrogen-bond donors (Lipinski definition) is 1. The van der Waals surface area contributed by atoms with E-state index in [1.165, 1.54) is 0 Å². The molecule has 1 aliphatic heterocycles. The second kappa shape index (κ2) is 7.60. The van der Waals surface area contributed by atoms with Gasteiger partial charge in [0.05, 0.1) is 12.5 Å². The fourth-order valence-corrected chi connectivity index (χ4v) is 3.13. The highest BCUT2D eigenvalue weighted by atomic mass is 16.5. The van der Waals surface area contributed by atoms with Gasteiger partial charge >= 0.3 is 0 Å². The molecule has 1 fully saturated rings. The fraction of sp³-hybridized carbons (Fsp3) is 0.333. The molecule has 5 heteroatoms. The van der Waals surface area contributed by atoms with Crippen molar-refractivity contribution in [1.82, 2.24) is 0 Å². The average molecular weight is 352 g/mol. The van der Waals surface area contributed by atoms with Crippen LogP contribution < -0.4 is 15.0 Å². The topological polar surface area (TPSA) is 58.6 Å². The molecule has 0 saturated carbocycles. The van der Waals surface area contributed by atoms with Crippen LogP contribution in [0.15, 0.2) is 42.5 Å². The SMILES string of the molecule is CCOc1ccc(N2CC(C(=O)Nc3cc(C)ccc3C)CC2=O)cc1. The summed E-state index contributed by atoms with van der Waals surface area (Å²) in [5, 5.41) is 2.97. The van der Waals surface area contributed by atoms with Gasteiger partial charge in [-0.3, -0.25) is 9.59 Å². The molecular weight excluding hydrogens is 328 g/mol. The second-order valence-electron chi connectivity index (χ2n) is 6.64. The predicted molar refractivity (Wildman–Crippen MR) is 103 cm³/mol. The first kappa shape index (κ1) is 18.0. The lowest BCUT2D eigenvalue weighted by atomic mass is 10.1. The van der Waals surface area contributed by atoms with Crippen LogP contribution in [0.2, 0.25) is 0 Å². The Morgan fingerprint density at radius 1 is 1.19 bits per heavy atom. The van der Waals surface area contributed by atoms with E-state index in [2.05, 4.69) is 5.32 Å². The van der Waals surface area contributed by atoms with E-state index in [4.69, 9.17) is 4.74 Å². The first-order chi connectivity index (χ1) is 12.5. The predicted octanol–water partition coefficient (Wildman–Crippen LogP) is 3.69. The van der Waals surface area contributed by atoms with Gasteiger partial charge in [0, 0.05) is 24.3 Å². The molecule has 3 rings (SSSR count). The van der Waals surface area contributed by atoms with Crippen molar-refractivity contribution in [1.29, 1.82) is 0 Å². The molecule has 1 unspecified atom stereocenters. The third-order valence-corrected chi connectivity index (χ3v) is 4.61. The quantitative estimate of drug-likeness (QED) is 0.893. The van der Waals surface area contributed by atoms with Crippen molar-refractivity contribution in [3.63, 3.8) is 0 Å². The van der Waals surface area contributed by atoms with Gasteiger partial charge < -0.3 is 15.0 Å². The molecule has 1 atom stereocenters. The van der Waals surface area contributed by atoms with E-state index in [1.54, 1.807) is 4.90 Å². The van der Waals surface area contributed by atoms with Crippen molar-refractivity contribution in [3.8, 4) is 5.75 Å². The molecule has 1 aliphatic rings. The van der Waals surface area contributed by atoms with Crippen LogP contribution in [0.5, 0.6) is 5.75 Å². The monoisotopic (exact) mass is 352 g/mol. The Balaban J connectivity index is 1.68. The molecule has 1 heterocycles. The lowest BCUT2D eigenvalue weighted by Crippen LogP contribution is -2.28. The summed E-state index contributed by atoms with van der Waals surface area (Å²) in [6, 6.07) is 13.3. The maximum atomic E-state index is 12.6. The van der Waals surface area contributed by atoms with Gasteiger partial charge in [-0.1, -0.05) is 12.1 Å². The number of aryl methyl sites for hydroxylation is 2. The summed E-state index contributed by atoms with van der Waals surface area (Å²) in [6.45, 7) is 6.87. The van der Waals surface area contributed by atoms with Gasteiger partial charge in [0.2, 0.25) is 11.8 Å². The Morgan fingerprint density at radius 3 is 2.62 bits per heavy atom. The number of benzene rings is 2. The van der Waals surface area contributed by atoms with E-state index in [0.717, 1.165) is 28.3 Å². The third-order valence-electron chi connectivity index (χ3n) is 4.61. The zero-order valence-corrected chi connectivity index (χ0v) is 15.4. The molecule has 0 spiro atoms. The third kappa shape index (κ3) is 3.87. The zero-order valence-electron chi connectivity index (χ0n) is 15.4. The molecule has 0 aromatic heterocycles. The molecule has 0 aliphatic carbocycles. The average Bonchev–Trinajstić information content (AvgIpc) is 3.01. The normalized spacial score (nSPS) is 16.7. The number of amides is 2. The molecule has 1 saturated heterocycles. The van der Waals surface area contributed by atoms with Gasteiger partial charge in [-0.05, 0) is 62.2 Å². The van der Waals surface area contributed by atoms with E-state index in [0.29, 0.717) is 13.2 Å². The summed E-state index contributed by atoms with van der Waals surface area (Å²) >= 11 is 0. The van der Waals surface area contributed by atoms with E-state index in [-0.39, 0.29) is 24.2 Å². The number of rotatable bonds is 5. The fourth-order valence-electron chi connectivity index (χ4n) is 3.13. The Morgan fingerprint density at radius 2 is 1.92 bits per heavy atom. The molecular formula is C21H24N2O3. The van der Waals surface area contributed by atoms with Gasteiger partial charge in [-0.2, -0.15) is 0 Å². The van der Waals surface area contributed by atoms with Crippen molar-refractivity contribution in [2.45, 2.75) is 27.2 Å². The largest absolute Gasteiger partial charge is 0.494 e. The molecule has 2 aromatic carbocycles. The number of carbonyl (C=O) groups is 2. The minimum atomic E-state index is -0.353. The van der Waals surface area contributed by atoms with Gasteiger partial charge in [0.1, 0.15) is 5.75 Å². The molecule has 0 bridgehead atoms. The van der Waals surface area contributed by atoms with E-state index >= 15 is 0 Å². The molecule has 1 N–H and O–H groups in total. The smallest absolute Gasteiger partial charge is 0.229 e. The first-order valence-electron chi connectivity index (χ1n) is 8.89.